The van der Waals surface area contributed by atoms with Crippen LogP contribution in [-0.2, 0) is 16.4 Å². The molecule has 0 spiro atoms. The van der Waals surface area contributed by atoms with Gasteiger partial charge in [-0.1, -0.05) is 13.8 Å². The van der Waals surface area contributed by atoms with Crippen LogP contribution in [0.4, 0.5) is 0 Å². The van der Waals surface area contributed by atoms with Gasteiger partial charge in [-0.25, -0.2) is 13.6 Å². The molecule has 4 nitrogen and oxygen atoms in total. The Morgan fingerprint density at radius 2 is 2.14 bits per heavy atom. The molecule has 0 saturated carbocycles. The zero-order valence-electron chi connectivity index (χ0n) is 8.27. The molecule has 78 valence electrons. The highest BCUT2D eigenvalue weighted by molar-refractivity contribution is 7.89. The minimum atomic E-state index is -3.64. The van der Waals surface area contributed by atoms with Crippen molar-refractivity contribution in [1.82, 2.24) is 4.98 Å². The molecule has 0 aliphatic carbocycles. The third-order valence-corrected chi connectivity index (χ3v) is 2.74. The fourth-order valence-electron chi connectivity index (χ4n) is 1.22. The zero-order chi connectivity index (χ0) is 10.8. The Kier molecular flexibility index (Phi) is 3.23. The summed E-state index contributed by atoms with van der Waals surface area (Å²) < 4.78 is 22.3. The van der Waals surface area contributed by atoms with Crippen molar-refractivity contribution in [1.29, 1.82) is 0 Å². The van der Waals surface area contributed by atoms with Crippen molar-refractivity contribution in [2.45, 2.75) is 25.2 Å². The second-order valence-corrected chi connectivity index (χ2v) is 5.12. The summed E-state index contributed by atoms with van der Waals surface area (Å²) in [6, 6.07) is 3.06. The van der Waals surface area contributed by atoms with Gasteiger partial charge in [0.2, 0.25) is 10.0 Å². The molecule has 0 amide bonds. The number of sulfonamides is 1. The number of hydrogen-bond donors (Lipinski definition) is 1. The summed E-state index contributed by atoms with van der Waals surface area (Å²) in [6.07, 6.45) is 2.19. The second kappa shape index (κ2) is 4.06. The fraction of sp³-hybridized carbons (Fsp3) is 0.444. The highest BCUT2D eigenvalue weighted by Crippen LogP contribution is 2.14. The SMILES string of the molecule is CC(C)Cc1ncccc1S(N)(=O)=O. The van der Waals surface area contributed by atoms with Crippen LogP contribution in [0.15, 0.2) is 23.2 Å². The van der Waals surface area contributed by atoms with E-state index >= 15 is 0 Å². The Balaban J connectivity index is 3.17. The molecule has 1 aromatic heterocycles. The predicted octanol–water partition coefficient (Wildman–Crippen LogP) is 0.928. The second-order valence-electron chi connectivity index (χ2n) is 3.59. The molecular formula is C9H14N2O2S. The van der Waals surface area contributed by atoms with Crippen molar-refractivity contribution in [3.63, 3.8) is 0 Å². The first kappa shape index (κ1) is 11.1. The summed E-state index contributed by atoms with van der Waals surface area (Å²) in [7, 11) is -3.64. The van der Waals surface area contributed by atoms with E-state index in [4.69, 9.17) is 5.14 Å². The molecule has 0 aromatic carbocycles. The number of rotatable bonds is 3. The van der Waals surface area contributed by atoms with Crippen molar-refractivity contribution in [3.8, 4) is 0 Å². The van der Waals surface area contributed by atoms with Crippen LogP contribution in [0.5, 0.6) is 0 Å². The number of hydrogen-bond acceptors (Lipinski definition) is 3. The molecule has 5 heteroatoms. The average molecular weight is 214 g/mol. The molecular weight excluding hydrogens is 200 g/mol. The number of aromatic nitrogens is 1. The quantitative estimate of drug-likeness (QED) is 0.813. The first-order chi connectivity index (χ1) is 6.41. The lowest BCUT2D eigenvalue weighted by molar-refractivity contribution is 0.588. The van der Waals surface area contributed by atoms with Crippen LogP contribution in [0.2, 0.25) is 0 Å². The summed E-state index contributed by atoms with van der Waals surface area (Å²) in [4.78, 5) is 4.16. The minimum Gasteiger partial charge on any atom is -0.260 e. The van der Waals surface area contributed by atoms with E-state index in [9.17, 15) is 8.42 Å². The lowest BCUT2D eigenvalue weighted by Crippen LogP contribution is -2.16. The molecule has 0 atom stereocenters. The van der Waals surface area contributed by atoms with E-state index < -0.39 is 10.0 Å². The molecule has 0 aliphatic rings. The number of nitrogens with two attached hydrogens (primary N) is 1. The molecule has 0 bridgehead atoms. The lowest BCUT2D eigenvalue weighted by Gasteiger charge is -2.07. The molecule has 0 fully saturated rings. The molecule has 0 radical (unpaired) electrons. The van der Waals surface area contributed by atoms with E-state index in [0.29, 0.717) is 18.0 Å². The smallest absolute Gasteiger partial charge is 0.239 e. The average Bonchev–Trinajstić information content (AvgIpc) is 2.01. The van der Waals surface area contributed by atoms with Crippen molar-refractivity contribution < 1.29 is 8.42 Å². The fourth-order valence-corrected chi connectivity index (χ4v) is 1.96. The zero-order valence-corrected chi connectivity index (χ0v) is 9.08. The first-order valence-electron chi connectivity index (χ1n) is 4.38. The van der Waals surface area contributed by atoms with Gasteiger partial charge in [0.05, 0.1) is 5.69 Å². The maximum Gasteiger partial charge on any atom is 0.239 e. The topological polar surface area (TPSA) is 73.0 Å². The summed E-state index contributed by atoms with van der Waals surface area (Å²) in [6.45, 7) is 4.00. The number of nitrogens with zero attached hydrogens (tertiary/aromatic N) is 1. The third kappa shape index (κ3) is 2.78. The van der Waals surface area contributed by atoms with Crippen molar-refractivity contribution in [3.05, 3.63) is 24.0 Å². The van der Waals surface area contributed by atoms with Crippen LogP contribution in [-0.4, -0.2) is 13.4 Å². The van der Waals surface area contributed by atoms with Crippen molar-refractivity contribution in [2.24, 2.45) is 11.1 Å². The molecule has 1 heterocycles. The molecule has 0 unspecified atom stereocenters. The van der Waals surface area contributed by atoms with Crippen LogP contribution in [0.1, 0.15) is 19.5 Å². The van der Waals surface area contributed by atoms with E-state index in [1.165, 1.54) is 6.07 Å². The van der Waals surface area contributed by atoms with Gasteiger partial charge in [-0.15, -0.1) is 0 Å². The van der Waals surface area contributed by atoms with Gasteiger partial charge in [-0.2, -0.15) is 0 Å². The van der Waals surface area contributed by atoms with Crippen LogP contribution >= 0.6 is 0 Å². The van der Waals surface area contributed by atoms with E-state index in [2.05, 4.69) is 4.98 Å². The summed E-state index contributed by atoms with van der Waals surface area (Å²) in [5.41, 5.74) is 0.546. The number of pyridine rings is 1. The summed E-state index contributed by atoms with van der Waals surface area (Å²) in [5, 5.41) is 5.07. The monoisotopic (exact) mass is 214 g/mol. The molecule has 1 rings (SSSR count). The molecule has 14 heavy (non-hydrogen) atoms. The lowest BCUT2D eigenvalue weighted by atomic mass is 10.1. The predicted molar refractivity (Wildman–Crippen MR) is 54.2 cm³/mol. The van der Waals surface area contributed by atoms with Gasteiger partial charge in [0.15, 0.2) is 0 Å². The largest absolute Gasteiger partial charge is 0.260 e. The summed E-state index contributed by atoms with van der Waals surface area (Å²) in [5.74, 6) is 0.352. The van der Waals surface area contributed by atoms with Crippen LogP contribution in [0.25, 0.3) is 0 Å². The maximum atomic E-state index is 11.2. The van der Waals surface area contributed by atoms with Gasteiger partial charge >= 0.3 is 0 Å². The number of primary sulfonamides is 1. The van der Waals surface area contributed by atoms with Crippen molar-refractivity contribution in [2.75, 3.05) is 0 Å². The molecule has 1 aromatic rings. The third-order valence-electron chi connectivity index (χ3n) is 1.76. The highest BCUT2D eigenvalue weighted by atomic mass is 32.2. The van der Waals surface area contributed by atoms with Crippen LogP contribution < -0.4 is 5.14 Å². The molecule has 0 saturated heterocycles. The Labute approximate surface area is 84.2 Å². The maximum absolute atomic E-state index is 11.2. The van der Waals surface area contributed by atoms with Crippen molar-refractivity contribution >= 4 is 10.0 Å². The Morgan fingerprint density at radius 1 is 1.50 bits per heavy atom. The Morgan fingerprint density at radius 3 is 2.64 bits per heavy atom. The van der Waals surface area contributed by atoms with E-state index in [0.717, 1.165) is 0 Å². The van der Waals surface area contributed by atoms with Gasteiger partial charge in [0.1, 0.15) is 4.90 Å². The van der Waals surface area contributed by atoms with Gasteiger partial charge < -0.3 is 0 Å². The van der Waals surface area contributed by atoms with Crippen LogP contribution in [0.3, 0.4) is 0 Å². The molecule has 0 aliphatic heterocycles. The van der Waals surface area contributed by atoms with E-state index in [1.54, 1.807) is 12.3 Å². The van der Waals surface area contributed by atoms with Gasteiger partial charge in [0.25, 0.3) is 0 Å². The molecule has 2 N–H and O–H groups in total. The van der Waals surface area contributed by atoms with E-state index in [1.807, 2.05) is 13.8 Å². The highest BCUT2D eigenvalue weighted by Gasteiger charge is 2.14. The first-order valence-corrected chi connectivity index (χ1v) is 5.92. The van der Waals surface area contributed by atoms with Gasteiger partial charge in [0, 0.05) is 6.20 Å². The van der Waals surface area contributed by atoms with Gasteiger partial charge in [-0.3, -0.25) is 4.98 Å². The standard InChI is InChI=1S/C9H14N2O2S/c1-7(2)6-8-9(14(10,12)13)4-3-5-11-8/h3-5,7H,6H2,1-2H3,(H2,10,12,13). The van der Waals surface area contributed by atoms with E-state index in [-0.39, 0.29) is 4.90 Å². The minimum absolute atomic E-state index is 0.133. The van der Waals surface area contributed by atoms with Gasteiger partial charge in [-0.05, 0) is 24.5 Å². The summed E-state index contributed by atoms with van der Waals surface area (Å²) >= 11 is 0. The van der Waals surface area contributed by atoms with Crippen LogP contribution in [0, 0.1) is 5.92 Å². The Bertz CT molecular complexity index is 413. The Hall–Kier alpha value is -0.940. The normalized spacial score (nSPS) is 12.0.